The molecule has 37 heavy (non-hydrogen) atoms. The van der Waals surface area contributed by atoms with Gasteiger partial charge in [-0.15, -0.1) is 0 Å². The van der Waals surface area contributed by atoms with Gasteiger partial charge in [0, 0.05) is 36.4 Å². The fourth-order valence-electron chi connectivity index (χ4n) is 2.93. The van der Waals surface area contributed by atoms with E-state index in [4.69, 9.17) is 9.47 Å². The van der Waals surface area contributed by atoms with Crippen molar-refractivity contribution in [1.29, 1.82) is 0 Å². The molecule has 0 heterocycles. The van der Waals surface area contributed by atoms with Gasteiger partial charge in [0.15, 0.2) is 0 Å². The number of nitrogens with zero attached hydrogens (tertiary/aromatic N) is 3. The van der Waals surface area contributed by atoms with Crippen molar-refractivity contribution in [3.63, 3.8) is 0 Å². The number of carboxylic acids is 2. The number of carbonyl (C=O) groups is 3. The van der Waals surface area contributed by atoms with Crippen molar-refractivity contribution in [3.05, 3.63) is 102 Å². The largest absolute Gasteiger partial charge is 0.478 e. The molecule has 0 aliphatic heterocycles. The third-order valence-corrected chi connectivity index (χ3v) is 4.63. The standard InChI is InChI=1S/C21H11N3O13/c25-19(26)13-7-10(22(30)31)1-4-16(13)36-18-6-3-12(24(34)35)9-15(18)21(29)37-17-5-2-11(23(32)33)8-14(17)20(27)28/h1-9H,(H,25,26)(H,27,28). The van der Waals surface area contributed by atoms with E-state index in [-0.39, 0.29) is 0 Å². The van der Waals surface area contributed by atoms with Gasteiger partial charge < -0.3 is 19.7 Å². The lowest BCUT2D eigenvalue weighted by atomic mass is 10.1. The monoisotopic (exact) mass is 513 g/mol. The molecule has 3 aromatic carbocycles. The van der Waals surface area contributed by atoms with E-state index in [1.807, 2.05) is 0 Å². The van der Waals surface area contributed by atoms with Crippen LogP contribution in [-0.2, 0) is 0 Å². The van der Waals surface area contributed by atoms with Gasteiger partial charge in [-0.3, -0.25) is 30.3 Å². The first-order valence-corrected chi connectivity index (χ1v) is 9.61. The van der Waals surface area contributed by atoms with Gasteiger partial charge in [-0.25, -0.2) is 14.4 Å². The number of benzene rings is 3. The maximum absolute atomic E-state index is 12.9. The van der Waals surface area contributed by atoms with Crippen LogP contribution in [-0.4, -0.2) is 42.9 Å². The summed E-state index contributed by atoms with van der Waals surface area (Å²) in [6.07, 6.45) is 0. The van der Waals surface area contributed by atoms with Gasteiger partial charge >= 0.3 is 17.9 Å². The average Bonchev–Trinajstić information content (AvgIpc) is 2.83. The van der Waals surface area contributed by atoms with Gasteiger partial charge in [-0.1, -0.05) is 0 Å². The Kier molecular flexibility index (Phi) is 7.04. The number of hydrogen-bond donors (Lipinski definition) is 2. The molecule has 0 aliphatic rings. The molecule has 0 saturated heterocycles. The second-order valence-electron chi connectivity index (χ2n) is 6.91. The number of rotatable bonds is 9. The third-order valence-electron chi connectivity index (χ3n) is 4.63. The summed E-state index contributed by atoms with van der Waals surface area (Å²) in [6.45, 7) is 0. The average molecular weight is 513 g/mol. The number of carbonyl (C=O) groups excluding carboxylic acids is 1. The molecule has 0 saturated carbocycles. The van der Waals surface area contributed by atoms with Crippen LogP contribution in [0, 0.1) is 30.3 Å². The summed E-state index contributed by atoms with van der Waals surface area (Å²) in [5.41, 5.74) is -3.90. The van der Waals surface area contributed by atoms with Crippen molar-refractivity contribution in [2.75, 3.05) is 0 Å². The first-order valence-electron chi connectivity index (χ1n) is 9.61. The number of aromatic carboxylic acids is 2. The number of nitro benzene ring substituents is 3. The molecule has 3 aromatic rings. The van der Waals surface area contributed by atoms with Crippen LogP contribution < -0.4 is 9.47 Å². The van der Waals surface area contributed by atoms with E-state index in [2.05, 4.69) is 0 Å². The molecule has 0 atom stereocenters. The summed E-state index contributed by atoms with van der Waals surface area (Å²) in [5, 5.41) is 51.8. The number of hydrogen-bond acceptors (Lipinski definition) is 11. The molecule has 0 spiro atoms. The second kappa shape index (κ2) is 10.1. The van der Waals surface area contributed by atoms with Gasteiger partial charge in [0.05, 0.1) is 14.8 Å². The first kappa shape index (κ1) is 25.7. The van der Waals surface area contributed by atoms with E-state index in [9.17, 15) is 54.9 Å². The molecule has 16 heteroatoms. The van der Waals surface area contributed by atoms with E-state index < -0.39 is 83.7 Å². The Morgan fingerprint density at radius 2 is 0.946 bits per heavy atom. The summed E-state index contributed by atoms with van der Waals surface area (Å²) in [6, 6.07) is 7.39. The number of esters is 1. The Labute approximate surface area is 203 Å². The molecule has 0 radical (unpaired) electrons. The molecular weight excluding hydrogens is 502 g/mol. The van der Waals surface area contributed by atoms with Crippen molar-refractivity contribution >= 4 is 35.0 Å². The molecule has 0 aromatic heterocycles. The summed E-state index contributed by atoms with van der Waals surface area (Å²) in [5.74, 6) is -6.29. The predicted octanol–water partition coefficient (Wildman–Crippen LogP) is 3.82. The van der Waals surface area contributed by atoms with Crippen molar-refractivity contribution in [1.82, 2.24) is 0 Å². The molecule has 16 nitrogen and oxygen atoms in total. The maximum Gasteiger partial charge on any atom is 0.347 e. The summed E-state index contributed by atoms with van der Waals surface area (Å²) in [7, 11) is 0. The number of non-ortho nitro benzene ring substituents is 3. The maximum atomic E-state index is 12.9. The molecule has 2 N–H and O–H groups in total. The molecule has 3 rings (SSSR count). The minimum atomic E-state index is -1.68. The Bertz CT molecular complexity index is 1500. The summed E-state index contributed by atoms with van der Waals surface area (Å²) in [4.78, 5) is 66.5. The fourth-order valence-corrected chi connectivity index (χ4v) is 2.93. The zero-order chi connectivity index (χ0) is 27.4. The summed E-state index contributed by atoms with van der Waals surface area (Å²) < 4.78 is 10.4. The first-order chi connectivity index (χ1) is 17.4. The quantitative estimate of drug-likeness (QED) is 0.179. The van der Waals surface area contributed by atoms with Gasteiger partial charge in [0.2, 0.25) is 0 Å². The molecule has 188 valence electrons. The van der Waals surface area contributed by atoms with Gasteiger partial charge in [0.1, 0.15) is 33.9 Å². The zero-order valence-electron chi connectivity index (χ0n) is 17.9. The van der Waals surface area contributed by atoms with Crippen LogP contribution in [0.15, 0.2) is 54.6 Å². The van der Waals surface area contributed by atoms with E-state index in [0.717, 1.165) is 36.4 Å². The SMILES string of the molecule is O=C(O)c1cc([N+](=O)[O-])ccc1OC(=O)c1cc([N+](=O)[O-])ccc1Oc1ccc([N+](=O)[O-])cc1C(=O)O. The van der Waals surface area contributed by atoms with Crippen molar-refractivity contribution < 1.29 is 48.8 Å². The Balaban J connectivity index is 2.07. The van der Waals surface area contributed by atoms with Crippen LogP contribution >= 0.6 is 0 Å². The van der Waals surface area contributed by atoms with E-state index >= 15 is 0 Å². The Morgan fingerprint density at radius 1 is 0.595 bits per heavy atom. The van der Waals surface area contributed by atoms with Gasteiger partial charge in [0.25, 0.3) is 17.1 Å². The minimum absolute atomic E-state index is 0.470. The number of nitro groups is 3. The van der Waals surface area contributed by atoms with Crippen LogP contribution in [0.4, 0.5) is 17.1 Å². The number of carboxylic acid groups (broad SMARTS) is 2. The van der Waals surface area contributed by atoms with Gasteiger partial charge in [-0.05, 0) is 18.2 Å². The Hall–Kier alpha value is -5.93. The minimum Gasteiger partial charge on any atom is -0.478 e. The molecule has 0 amide bonds. The highest BCUT2D eigenvalue weighted by molar-refractivity contribution is 5.98. The second-order valence-corrected chi connectivity index (χ2v) is 6.91. The van der Waals surface area contributed by atoms with E-state index in [0.29, 0.717) is 18.2 Å². The van der Waals surface area contributed by atoms with Crippen molar-refractivity contribution in [2.24, 2.45) is 0 Å². The normalized spacial score (nSPS) is 10.3. The molecule has 0 unspecified atom stereocenters. The van der Waals surface area contributed by atoms with Crippen molar-refractivity contribution in [2.45, 2.75) is 0 Å². The third kappa shape index (κ3) is 5.60. The van der Waals surface area contributed by atoms with Crippen molar-refractivity contribution in [3.8, 4) is 17.2 Å². The van der Waals surface area contributed by atoms with Crippen LogP contribution in [0.3, 0.4) is 0 Å². The molecule has 0 fully saturated rings. The lowest BCUT2D eigenvalue weighted by Crippen LogP contribution is -2.13. The van der Waals surface area contributed by atoms with Crippen LogP contribution in [0.1, 0.15) is 31.1 Å². The topological polar surface area (TPSA) is 240 Å². The van der Waals surface area contributed by atoms with Crippen LogP contribution in [0.2, 0.25) is 0 Å². The Morgan fingerprint density at radius 3 is 1.35 bits per heavy atom. The smallest absolute Gasteiger partial charge is 0.347 e. The molecular formula is C21H11N3O13. The lowest BCUT2D eigenvalue weighted by molar-refractivity contribution is -0.385. The van der Waals surface area contributed by atoms with E-state index in [1.54, 1.807) is 0 Å². The molecule has 0 aliphatic carbocycles. The zero-order valence-corrected chi connectivity index (χ0v) is 17.9. The van der Waals surface area contributed by atoms with E-state index in [1.165, 1.54) is 0 Å². The summed E-state index contributed by atoms with van der Waals surface area (Å²) >= 11 is 0. The fraction of sp³-hybridized carbons (Fsp3) is 0. The number of ether oxygens (including phenoxy) is 2. The van der Waals surface area contributed by atoms with Crippen LogP contribution in [0.5, 0.6) is 17.2 Å². The highest BCUT2D eigenvalue weighted by Crippen LogP contribution is 2.34. The van der Waals surface area contributed by atoms with Gasteiger partial charge in [-0.2, -0.15) is 0 Å². The molecule has 0 bridgehead atoms. The lowest BCUT2D eigenvalue weighted by Gasteiger charge is -2.13. The highest BCUT2D eigenvalue weighted by atomic mass is 16.6. The highest BCUT2D eigenvalue weighted by Gasteiger charge is 2.25. The predicted molar refractivity (Wildman–Crippen MR) is 118 cm³/mol. The van der Waals surface area contributed by atoms with Crippen LogP contribution in [0.25, 0.3) is 0 Å².